The van der Waals surface area contributed by atoms with Crippen LogP contribution in [0.25, 0.3) is 67.9 Å². The number of nitrogens with zero attached hydrogens (tertiary/aromatic N) is 6. The Morgan fingerprint density at radius 3 is 1.23 bits per heavy atom. The van der Waals surface area contributed by atoms with Gasteiger partial charge in [-0.15, -0.1) is 107 Å². The summed E-state index contributed by atoms with van der Waals surface area (Å²) in [5.41, 5.74) is 12.6. The number of benzene rings is 5. The molecule has 66 heavy (non-hydrogen) atoms. The molecule has 0 spiro atoms. The fourth-order valence-electron chi connectivity index (χ4n) is 6.90. The summed E-state index contributed by atoms with van der Waals surface area (Å²) in [5, 5.41) is 0. The van der Waals surface area contributed by atoms with Gasteiger partial charge in [0, 0.05) is 35.3 Å². The molecular formula is C59H55IrN6. The molecule has 0 fully saturated rings. The van der Waals surface area contributed by atoms with E-state index in [1.54, 1.807) is 12.4 Å². The van der Waals surface area contributed by atoms with Gasteiger partial charge in [0.1, 0.15) is 0 Å². The van der Waals surface area contributed by atoms with Gasteiger partial charge in [-0.25, -0.2) is 15.0 Å². The fourth-order valence-corrected chi connectivity index (χ4v) is 6.90. The van der Waals surface area contributed by atoms with Crippen molar-refractivity contribution in [2.75, 3.05) is 0 Å². The molecule has 0 radical (unpaired) electrons. The van der Waals surface area contributed by atoms with Gasteiger partial charge >= 0.3 is 20.1 Å². The summed E-state index contributed by atoms with van der Waals surface area (Å²) in [6.45, 7) is 15.5. The minimum atomic E-state index is 0. The first-order valence-corrected chi connectivity index (χ1v) is 22.2. The molecule has 0 amide bonds. The SMILES string of the molecule is CCCc1c[c-]c(-c2ccc(-c3nc(-c4ccc(C(C)(C)C)cc4)nc(-c4ccc(C(C)(C)C)cc4)n3)cn2)cc1.[Ir+3].[c-]1ccccc1-c1ccccn1.[c-]1ccccc1-c1ccccn1. The summed E-state index contributed by atoms with van der Waals surface area (Å²) in [7, 11) is 0. The van der Waals surface area contributed by atoms with Gasteiger partial charge in [-0.3, -0.25) is 0 Å². The summed E-state index contributed by atoms with van der Waals surface area (Å²) >= 11 is 0. The molecule has 0 N–H and O–H groups in total. The quantitative estimate of drug-likeness (QED) is 0.141. The van der Waals surface area contributed by atoms with Gasteiger partial charge in [0.15, 0.2) is 17.5 Å². The third-order valence-electron chi connectivity index (χ3n) is 10.7. The third-order valence-corrected chi connectivity index (χ3v) is 10.7. The van der Waals surface area contributed by atoms with Crippen LogP contribution >= 0.6 is 0 Å². The average molecular weight is 1040 g/mol. The van der Waals surface area contributed by atoms with Crippen molar-refractivity contribution in [3.05, 3.63) is 217 Å². The zero-order chi connectivity index (χ0) is 45.7. The maximum absolute atomic E-state index is 4.92. The molecule has 9 rings (SSSR count). The van der Waals surface area contributed by atoms with Crippen molar-refractivity contribution in [2.45, 2.75) is 72.1 Å². The van der Waals surface area contributed by atoms with Crippen LogP contribution in [0.5, 0.6) is 0 Å². The molecule has 7 heteroatoms. The third kappa shape index (κ3) is 13.4. The minimum Gasteiger partial charge on any atom is -0.305 e. The number of hydrogen-bond donors (Lipinski definition) is 0. The molecule has 0 bridgehead atoms. The summed E-state index contributed by atoms with van der Waals surface area (Å²) in [6.07, 6.45) is 7.60. The van der Waals surface area contributed by atoms with Crippen LogP contribution in [0.15, 0.2) is 182 Å². The molecule has 0 aliphatic heterocycles. The zero-order valence-corrected chi connectivity index (χ0v) is 41.1. The van der Waals surface area contributed by atoms with E-state index >= 15 is 0 Å². The molecule has 330 valence electrons. The normalized spacial score (nSPS) is 11.0. The summed E-state index contributed by atoms with van der Waals surface area (Å²) in [6, 6.07) is 64.4. The first kappa shape index (κ1) is 48.7. The van der Waals surface area contributed by atoms with E-state index in [0.717, 1.165) is 63.3 Å². The Hall–Kier alpha value is -6.79. The molecule has 9 aromatic rings. The van der Waals surface area contributed by atoms with Crippen LogP contribution in [0.3, 0.4) is 0 Å². The fraction of sp³-hybridized carbons (Fsp3) is 0.186. The van der Waals surface area contributed by atoms with E-state index in [1.165, 1.54) is 16.7 Å². The van der Waals surface area contributed by atoms with E-state index in [9.17, 15) is 0 Å². The molecule has 0 atom stereocenters. The van der Waals surface area contributed by atoms with E-state index < -0.39 is 0 Å². The zero-order valence-electron chi connectivity index (χ0n) is 38.8. The van der Waals surface area contributed by atoms with E-state index in [-0.39, 0.29) is 30.9 Å². The minimum absolute atomic E-state index is 0. The number of rotatable bonds is 8. The van der Waals surface area contributed by atoms with Gasteiger partial charge in [0.2, 0.25) is 0 Å². The van der Waals surface area contributed by atoms with Crippen molar-refractivity contribution < 1.29 is 20.1 Å². The van der Waals surface area contributed by atoms with Gasteiger partial charge in [-0.05, 0) is 51.2 Å². The van der Waals surface area contributed by atoms with Gasteiger partial charge in [0.05, 0.1) is 0 Å². The van der Waals surface area contributed by atoms with Crippen LogP contribution in [0.1, 0.15) is 71.6 Å². The first-order valence-electron chi connectivity index (χ1n) is 22.2. The molecule has 4 aromatic heterocycles. The smallest absolute Gasteiger partial charge is 0.305 e. The Morgan fingerprint density at radius 1 is 0.424 bits per heavy atom. The maximum atomic E-state index is 4.92. The molecule has 0 saturated carbocycles. The molecule has 0 saturated heterocycles. The predicted octanol–water partition coefficient (Wildman–Crippen LogP) is 14.4. The van der Waals surface area contributed by atoms with E-state index in [1.807, 2.05) is 103 Å². The van der Waals surface area contributed by atoms with Crippen LogP contribution in [-0.2, 0) is 37.4 Å². The van der Waals surface area contributed by atoms with Crippen LogP contribution < -0.4 is 0 Å². The monoisotopic (exact) mass is 1040 g/mol. The molecular weight excluding hydrogens is 985 g/mol. The van der Waals surface area contributed by atoms with Gasteiger partial charge in [0.25, 0.3) is 0 Å². The average Bonchev–Trinajstić information content (AvgIpc) is 3.35. The maximum Gasteiger partial charge on any atom is 3.00 e. The van der Waals surface area contributed by atoms with Crippen molar-refractivity contribution in [2.24, 2.45) is 0 Å². The molecule has 6 nitrogen and oxygen atoms in total. The number of hydrogen-bond acceptors (Lipinski definition) is 6. The van der Waals surface area contributed by atoms with Crippen molar-refractivity contribution in [3.63, 3.8) is 0 Å². The van der Waals surface area contributed by atoms with E-state index in [4.69, 9.17) is 19.9 Å². The van der Waals surface area contributed by atoms with Crippen molar-refractivity contribution in [1.29, 1.82) is 0 Å². The summed E-state index contributed by atoms with van der Waals surface area (Å²) in [5.74, 6) is 1.90. The van der Waals surface area contributed by atoms with Crippen molar-refractivity contribution in [1.82, 2.24) is 29.9 Å². The Labute approximate surface area is 405 Å². The Balaban J connectivity index is 0.000000231. The second kappa shape index (κ2) is 22.9. The van der Waals surface area contributed by atoms with Crippen LogP contribution in [0, 0.1) is 18.2 Å². The predicted molar refractivity (Wildman–Crippen MR) is 267 cm³/mol. The summed E-state index contributed by atoms with van der Waals surface area (Å²) < 4.78 is 0. The number of pyridine rings is 3. The molecule has 0 aliphatic carbocycles. The topological polar surface area (TPSA) is 77.3 Å². The van der Waals surface area contributed by atoms with E-state index in [2.05, 4.69) is 143 Å². The van der Waals surface area contributed by atoms with E-state index in [0.29, 0.717) is 17.5 Å². The Morgan fingerprint density at radius 2 is 0.864 bits per heavy atom. The second-order valence-corrected chi connectivity index (χ2v) is 17.7. The van der Waals surface area contributed by atoms with Crippen molar-refractivity contribution in [3.8, 4) is 67.9 Å². The molecule has 4 heterocycles. The molecule has 0 unspecified atom stereocenters. The summed E-state index contributed by atoms with van der Waals surface area (Å²) in [4.78, 5) is 27.9. The van der Waals surface area contributed by atoms with Gasteiger partial charge in [-0.1, -0.05) is 146 Å². The first-order chi connectivity index (χ1) is 31.4. The van der Waals surface area contributed by atoms with Gasteiger partial charge < -0.3 is 15.0 Å². The Kier molecular flexibility index (Phi) is 16.9. The van der Waals surface area contributed by atoms with Crippen LogP contribution in [0.4, 0.5) is 0 Å². The number of aromatic nitrogens is 6. The van der Waals surface area contributed by atoms with Crippen LogP contribution in [0.2, 0.25) is 0 Å². The largest absolute Gasteiger partial charge is 3.00 e. The number of aryl methyl sites for hydroxylation is 1. The standard InChI is InChI=1S/C37H39N4.2C11H8N.Ir/c1-8-9-25-10-12-26(13-11-25)32-23-18-29(24-38-32)35-40-33(27-14-19-30(20-15-27)36(2,3)4)39-34(41-35)28-16-21-31(22-17-28)37(5,6)7;2*1-2-6-10(7-3-1)11-8-4-5-9-12-11;/h10-12,14-24H,8-9H2,1-7H3;2*1-6,8-9H;/q3*-1;+3. The Bertz CT molecular complexity index is 2600. The molecule has 5 aromatic carbocycles. The second-order valence-electron chi connectivity index (χ2n) is 17.7. The van der Waals surface area contributed by atoms with Crippen LogP contribution in [-0.4, -0.2) is 29.9 Å². The molecule has 0 aliphatic rings. The van der Waals surface area contributed by atoms with Gasteiger partial charge in [-0.2, -0.15) is 0 Å². The van der Waals surface area contributed by atoms with Crippen molar-refractivity contribution >= 4 is 0 Å².